The van der Waals surface area contributed by atoms with Crippen LogP contribution in [0.3, 0.4) is 0 Å². The molecule has 22 heavy (non-hydrogen) atoms. The Balaban J connectivity index is 0.000000396. The summed E-state index contributed by atoms with van der Waals surface area (Å²) in [4.78, 5) is 20.8. The van der Waals surface area contributed by atoms with Crippen LogP contribution in [-0.2, 0) is 9.59 Å². The van der Waals surface area contributed by atoms with Crippen LogP contribution in [0.5, 0.6) is 0 Å². The van der Waals surface area contributed by atoms with Crippen LogP contribution >= 0.6 is 0 Å². The number of rotatable bonds is 1. The number of hydrogen-bond acceptors (Lipinski definition) is 2. The lowest BCUT2D eigenvalue weighted by atomic mass is 9.87. The lowest BCUT2D eigenvalue weighted by molar-refractivity contribution is -0.134. The molecule has 0 saturated carbocycles. The van der Waals surface area contributed by atoms with Crippen LogP contribution in [0.4, 0.5) is 0 Å². The Kier molecular flexibility index (Phi) is 4.73. The smallest absolute Gasteiger partial charge is 0.300 e. The van der Waals surface area contributed by atoms with Crippen LogP contribution in [-0.4, -0.2) is 17.0 Å². The van der Waals surface area contributed by atoms with Crippen LogP contribution in [0.1, 0.15) is 35.1 Å². The quantitative estimate of drug-likeness (QED) is 0.849. The molecule has 0 spiro atoms. The first kappa shape index (κ1) is 15.5. The number of carboxylic acid groups (broad SMARTS) is 1. The molecule has 3 N–H and O–H groups in total. The Hall–Kier alpha value is -2.88. The zero-order chi connectivity index (χ0) is 16.1. The van der Waals surface area contributed by atoms with Gasteiger partial charge in [0.05, 0.1) is 5.92 Å². The van der Waals surface area contributed by atoms with Gasteiger partial charge in [0.1, 0.15) is 0 Å². The fraction of sp³-hybridized carbons (Fsp3) is 0.111. The van der Waals surface area contributed by atoms with Gasteiger partial charge in [-0.3, -0.25) is 9.59 Å². The summed E-state index contributed by atoms with van der Waals surface area (Å²) in [7, 11) is 0. The molecule has 0 fully saturated rings. The molecule has 2 aromatic carbocycles. The summed E-state index contributed by atoms with van der Waals surface area (Å²) >= 11 is 0. The van der Waals surface area contributed by atoms with Crippen molar-refractivity contribution in [2.24, 2.45) is 5.73 Å². The number of hydrogen-bond donors (Lipinski definition) is 2. The standard InChI is InChI=1S/C16H13NO.C2H4O2/c17-16(18)15-13-7-3-1-5-11(13)9-10-12-6-2-4-8-14(12)15;1-2(3)4/h1-10,15H,(H2,17,18);1H3,(H,3,4). The number of primary amides is 1. The topological polar surface area (TPSA) is 80.4 Å². The lowest BCUT2D eigenvalue weighted by Gasteiger charge is -2.16. The van der Waals surface area contributed by atoms with Gasteiger partial charge in [-0.2, -0.15) is 0 Å². The SMILES string of the molecule is CC(=O)O.NC(=O)C1c2ccccc2C=Cc2ccccc21. The van der Waals surface area contributed by atoms with E-state index in [4.69, 9.17) is 15.6 Å². The summed E-state index contributed by atoms with van der Waals surface area (Å²) in [5, 5.41) is 7.42. The minimum atomic E-state index is -0.833. The number of fused-ring (bicyclic) bond motifs is 2. The van der Waals surface area contributed by atoms with E-state index >= 15 is 0 Å². The molecule has 0 unspecified atom stereocenters. The Bertz CT molecular complexity index is 681. The van der Waals surface area contributed by atoms with E-state index in [0.29, 0.717) is 0 Å². The van der Waals surface area contributed by atoms with E-state index in [9.17, 15) is 4.79 Å². The van der Waals surface area contributed by atoms with Crippen molar-refractivity contribution in [3.63, 3.8) is 0 Å². The van der Waals surface area contributed by atoms with Gasteiger partial charge in [-0.15, -0.1) is 0 Å². The Labute approximate surface area is 128 Å². The van der Waals surface area contributed by atoms with Gasteiger partial charge in [0.25, 0.3) is 5.97 Å². The van der Waals surface area contributed by atoms with Gasteiger partial charge in [-0.25, -0.2) is 0 Å². The van der Waals surface area contributed by atoms with Gasteiger partial charge in [0.15, 0.2) is 0 Å². The summed E-state index contributed by atoms with van der Waals surface area (Å²) in [6.45, 7) is 1.08. The van der Waals surface area contributed by atoms with Crippen molar-refractivity contribution in [3.8, 4) is 0 Å². The first-order valence-electron chi connectivity index (χ1n) is 6.85. The molecular weight excluding hydrogens is 278 g/mol. The van der Waals surface area contributed by atoms with Gasteiger partial charge in [0, 0.05) is 6.92 Å². The van der Waals surface area contributed by atoms with E-state index in [1.165, 1.54) is 0 Å². The lowest BCUT2D eigenvalue weighted by Crippen LogP contribution is -2.23. The highest BCUT2D eigenvalue weighted by atomic mass is 16.4. The molecule has 0 saturated heterocycles. The van der Waals surface area contributed by atoms with Gasteiger partial charge >= 0.3 is 0 Å². The second-order valence-corrected chi connectivity index (χ2v) is 4.95. The minimum absolute atomic E-state index is 0.307. The molecule has 1 amide bonds. The second kappa shape index (κ2) is 6.72. The Morgan fingerprint density at radius 2 is 1.27 bits per heavy atom. The van der Waals surface area contributed by atoms with Crippen molar-refractivity contribution < 1.29 is 14.7 Å². The molecule has 0 bridgehead atoms. The Morgan fingerprint density at radius 1 is 0.909 bits per heavy atom. The normalized spacial score (nSPS) is 12.2. The maximum atomic E-state index is 11.8. The number of carbonyl (C=O) groups excluding carboxylic acids is 1. The van der Waals surface area contributed by atoms with E-state index < -0.39 is 5.97 Å². The molecule has 0 atom stereocenters. The van der Waals surface area contributed by atoms with Gasteiger partial charge in [-0.05, 0) is 22.3 Å². The number of amides is 1. The fourth-order valence-electron chi connectivity index (χ4n) is 2.50. The third-order valence-electron chi connectivity index (χ3n) is 3.34. The molecule has 1 aliphatic rings. The number of benzene rings is 2. The number of carbonyl (C=O) groups is 2. The van der Waals surface area contributed by atoms with Crippen molar-refractivity contribution in [2.45, 2.75) is 12.8 Å². The third-order valence-corrected chi connectivity index (χ3v) is 3.34. The van der Waals surface area contributed by atoms with E-state index in [1.54, 1.807) is 0 Å². The van der Waals surface area contributed by atoms with Crippen molar-refractivity contribution in [2.75, 3.05) is 0 Å². The van der Waals surface area contributed by atoms with Crippen molar-refractivity contribution in [3.05, 3.63) is 70.8 Å². The monoisotopic (exact) mass is 295 g/mol. The zero-order valence-electron chi connectivity index (χ0n) is 12.2. The van der Waals surface area contributed by atoms with Crippen molar-refractivity contribution >= 4 is 24.0 Å². The highest BCUT2D eigenvalue weighted by Crippen LogP contribution is 2.33. The van der Waals surface area contributed by atoms with E-state index in [2.05, 4.69) is 0 Å². The van der Waals surface area contributed by atoms with Gasteiger partial charge in [0.2, 0.25) is 5.91 Å². The molecule has 2 aromatic rings. The molecule has 0 aliphatic heterocycles. The zero-order valence-corrected chi connectivity index (χ0v) is 12.2. The van der Waals surface area contributed by atoms with Gasteiger partial charge in [-0.1, -0.05) is 60.7 Å². The van der Waals surface area contributed by atoms with Crippen LogP contribution in [0.15, 0.2) is 48.5 Å². The maximum absolute atomic E-state index is 11.8. The van der Waals surface area contributed by atoms with Crippen molar-refractivity contribution in [1.29, 1.82) is 0 Å². The first-order valence-corrected chi connectivity index (χ1v) is 6.85. The van der Waals surface area contributed by atoms with E-state index in [-0.39, 0.29) is 11.8 Å². The average Bonchev–Trinajstić information content (AvgIpc) is 2.63. The number of carboxylic acids is 1. The third kappa shape index (κ3) is 3.41. The largest absolute Gasteiger partial charge is 0.481 e. The molecule has 1 aliphatic carbocycles. The summed E-state index contributed by atoms with van der Waals surface area (Å²) in [5.41, 5.74) is 9.66. The summed E-state index contributed by atoms with van der Waals surface area (Å²) in [6, 6.07) is 15.8. The van der Waals surface area contributed by atoms with Crippen LogP contribution in [0.25, 0.3) is 12.2 Å². The van der Waals surface area contributed by atoms with Crippen LogP contribution < -0.4 is 5.73 Å². The first-order chi connectivity index (χ1) is 10.5. The molecule has 112 valence electrons. The minimum Gasteiger partial charge on any atom is -0.481 e. The second-order valence-electron chi connectivity index (χ2n) is 4.95. The van der Waals surface area contributed by atoms with Gasteiger partial charge < -0.3 is 10.8 Å². The van der Waals surface area contributed by atoms with Crippen molar-refractivity contribution in [1.82, 2.24) is 0 Å². The molecule has 0 radical (unpaired) electrons. The summed E-state index contributed by atoms with van der Waals surface area (Å²) in [6.07, 6.45) is 4.08. The molecular formula is C18H17NO3. The highest BCUT2D eigenvalue weighted by Gasteiger charge is 2.25. The van der Waals surface area contributed by atoms with Crippen LogP contribution in [0, 0.1) is 0 Å². The maximum Gasteiger partial charge on any atom is 0.300 e. The predicted octanol–water partition coefficient (Wildman–Crippen LogP) is 2.88. The summed E-state index contributed by atoms with van der Waals surface area (Å²) < 4.78 is 0. The molecule has 0 aromatic heterocycles. The number of aliphatic carboxylic acids is 1. The number of nitrogens with two attached hydrogens (primary N) is 1. The fourth-order valence-corrected chi connectivity index (χ4v) is 2.50. The Morgan fingerprint density at radius 3 is 1.64 bits per heavy atom. The molecule has 3 rings (SSSR count). The molecule has 4 nitrogen and oxygen atoms in total. The van der Waals surface area contributed by atoms with Crippen LogP contribution in [0.2, 0.25) is 0 Å². The van der Waals surface area contributed by atoms with E-state index in [1.807, 2.05) is 60.7 Å². The summed E-state index contributed by atoms with van der Waals surface area (Å²) in [5.74, 6) is -1.51. The molecule has 4 heteroatoms. The average molecular weight is 295 g/mol. The van der Waals surface area contributed by atoms with E-state index in [0.717, 1.165) is 29.2 Å². The predicted molar refractivity (Wildman–Crippen MR) is 86.2 cm³/mol. The highest BCUT2D eigenvalue weighted by molar-refractivity contribution is 5.91. The molecule has 0 heterocycles.